The van der Waals surface area contributed by atoms with E-state index in [0.29, 0.717) is 16.7 Å². The summed E-state index contributed by atoms with van der Waals surface area (Å²) in [6.45, 7) is 1.69. The molecule has 2 aromatic carbocycles. The molecule has 3 aromatic rings. The van der Waals surface area contributed by atoms with Crippen LogP contribution in [0, 0.1) is 18.6 Å². The fourth-order valence-electron chi connectivity index (χ4n) is 2.91. The van der Waals surface area contributed by atoms with Crippen molar-refractivity contribution < 1.29 is 27.5 Å². The SMILES string of the molecule is COc1ccc2c(C)c(CC(=O)Nc3ccc(F)c(F)c3)c(=O)oc2c1OC. The van der Waals surface area contributed by atoms with Gasteiger partial charge in [-0.1, -0.05) is 0 Å². The summed E-state index contributed by atoms with van der Waals surface area (Å²) < 4.78 is 42.1. The summed E-state index contributed by atoms with van der Waals surface area (Å²) in [5.41, 5.74) is 0.302. The molecule has 1 N–H and O–H groups in total. The lowest BCUT2D eigenvalue weighted by atomic mass is 10.0. The maximum Gasteiger partial charge on any atom is 0.340 e. The average Bonchev–Trinajstić information content (AvgIpc) is 2.67. The standard InChI is InChI=1S/C20H17F2NO5/c1-10-12-5-7-16(26-2)19(27-3)18(12)28-20(25)13(10)9-17(24)23-11-4-6-14(21)15(22)8-11/h4-8H,9H2,1-3H3,(H,23,24). The first-order valence-electron chi connectivity index (χ1n) is 8.28. The lowest BCUT2D eigenvalue weighted by Crippen LogP contribution is -2.21. The Hall–Kier alpha value is -3.42. The summed E-state index contributed by atoms with van der Waals surface area (Å²) in [5.74, 6) is -1.99. The fourth-order valence-corrected chi connectivity index (χ4v) is 2.91. The summed E-state index contributed by atoms with van der Waals surface area (Å²) >= 11 is 0. The van der Waals surface area contributed by atoms with Crippen LogP contribution in [0.1, 0.15) is 11.1 Å². The molecule has 0 fully saturated rings. The number of ether oxygens (including phenoxy) is 2. The van der Waals surface area contributed by atoms with E-state index in [-0.39, 0.29) is 29.0 Å². The Kier molecular flexibility index (Phi) is 5.30. The molecule has 0 saturated carbocycles. The molecule has 1 amide bonds. The van der Waals surface area contributed by atoms with Gasteiger partial charge in [-0.05, 0) is 36.8 Å². The van der Waals surface area contributed by atoms with Gasteiger partial charge in [-0.25, -0.2) is 13.6 Å². The highest BCUT2D eigenvalue weighted by molar-refractivity contribution is 5.94. The van der Waals surface area contributed by atoms with E-state index < -0.39 is 23.2 Å². The number of nitrogens with one attached hydrogen (secondary N) is 1. The molecule has 3 rings (SSSR count). The fraction of sp³-hybridized carbons (Fsp3) is 0.200. The van der Waals surface area contributed by atoms with Gasteiger partial charge >= 0.3 is 5.63 Å². The van der Waals surface area contributed by atoms with Crippen molar-refractivity contribution in [1.29, 1.82) is 0 Å². The number of methoxy groups -OCH3 is 2. The number of aryl methyl sites for hydroxylation is 1. The molecule has 6 nitrogen and oxygen atoms in total. The maximum absolute atomic E-state index is 13.3. The number of halogens is 2. The van der Waals surface area contributed by atoms with Crippen LogP contribution in [0.5, 0.6) is 11.5 Å². The van der Waals surface area contributed by atoms with E-state index >= 15 is 0 Å². The van der Waals surface area contributed by atoms with Gasteiger partial charge < -0.3 is 19.2 Å². The minimum Gasteiger partial charge on any atom is -0.493 e. The predicted octanol–water partition coefficient (Wildman–Crippen LogP) is 3.58. The number of anilines is 1. The normalized spacial score (nSPS) is 10.8. The summed E-state index contributed by atoms with van der Waals surface area (Å²) in [6.07, 6.45) is -0.294. The van der Waals surface area contributed by atoms with Crippen molar-refractivity contribution in [2.75, 3.05) is 19.5 Å². The van der Waals surface area contributed by atoms with Crippen molar-refractivity contribution >= 4 is 22.6 Å². The molecule has 0 spiro atoms. The molecule has 1 heterocycles. The largest absolute Gasteiger partial charge is 0.493 e. The zero-order valence-electron chi connectivity index (χ0n) is 15.4. The highest BCUT2D eigenvalue weighted by atomic mass is 19.2. The second-order valence-corrected chi connectivity index (χ2v) is 6.02. The van der Waals surface area contributed by atoms with E-state index in [1.54, 1.807) is 19.1 Å². The number of hydrogen-bond donors (Lipinski definition) is 1. The monoisotopic (exact) mass is 389 g/mol. The van der Waals surface area contributed by atoms with Gasteiger partial charge in [0.25, 0.3) is 0 Å². The summed E-state index contributed by atoms with van der Waals surface area (Å²) in [7, 11) is 2.89. The summed E-state index contributed by atoms with van der Waals surface area (Å²) in [5, 5.41) is 3.02. The van der Waals surface area contributed by atoms with Crippen molar-refractivity contribution in [2.45, 2.75) is 13.3 Å². The Balaban J connectivity index is 1.96. The molecule has 146 valence electrons. The molecule has 0 unspecified atom stereocenters. The molecule has 0 radical (unpaired) electrons. The molecule has 0 aliphatic carbocycles. The first-order chi connectivity index (χ1) is 13.3. The van der Waals surface area contributed by atoms with E-state index in [9.17, 15) is 18.4 Å². The van der Waals surface area contributed by atoms with E-state index in [2.05, 4.69) is 5.32 Å². The first kappa shape index (κ1) is 19.3. The van der Waals surface area contributed by atoms with Crippen molar-refractivity contribution in [2.24, 2.45) is 0 Å². The van der Waals surface area contributed by atoms with Crippen LogP contribution >= 0.6 is 0 Å². The van der Waals surface area contributed by atoms with Gasteiger partial charge in [-0.15, -0.1) is 0 Å². The summed E-state index contributed by atoms with van der Waals surface area (Å²) in [4.78, 5) is 24.7. The molecule has 28 heavy (non-hydrogen) atoms. The lowest BCUT2D eigenvalue weighted by Gasteiger charge is -2.13. The smallest absolute Gasteiger partial charge is 0.340 e. The van der Waals surface area contributed by atoms with Gasteiger partial charge in [-0.2, -0.15) is 0 Å². The predicted molar refractivity (Wildman–Crippen MR) is 99.0 cm³/mol. The first-order valence-corrected chi connectivity index (χ1v) is 8.28. The van der Waals surface area contributed by atoms with Gasteiger partial charge in [0.1, 0.15) is 0 Å². The van der Waals surface area contributed by atoms with Crippen molar-refractivity contribution in [3.63, 3.8) is 0 Å². The van der Waals surface area contributed by atoms with Crippen LogP contribution in [0.2, 0.25) is 0 Å². The Morgan fingerprint density at radius 3 is 2.50 bits per heavy atom. The summed E-state index contributed by atoms with van der Waals surface area (Å²) in [6, 6.07) is 6.36. The van der Waals surface area contributed by atoms with Crippen molar-refractivity contribution in [3.05, 3.63) is 63.5 Å². The van der Waals surface area contributed by atoms with Crippen LogP contribution in [0.4, 0.5) is 14.5 Å². The molecule has 0 aliphatic heterocycles. The number of rotatable bonds is 5. The quantitative estimate of drug-likeness (QED) is 0.675. The van der Waals surface area contributed by atoms with Crippen LogP contribution in [-0.4, -0.2) is 20.1 Å². The Bertz CT molecular complexity index is 1120. The van der Waals surface area contributed by atoms with Gasteiger partial charge in [0.2, 0.25) is 11.7 Å². The van der Waals surface area contributed by atoms with Crippen LogP contribution in [0.25, 0.3) is 11.0 Å². The third kappa shape index (κ3) is 3.53. The van der Waals surface area contributed by atoms with Crippen LogP contribution in [0.3, 0.4) is 0 Å². The van der Waals surface area contributed by atoms with E-state index in [1.165, 1.54) is 20.3 Å². The number of amides is 1. The molecule has 8 heteroatoms. The highest BCUT2D eigenvalue weighted by Gasteiger charge is 2.19. The molecule has 0 atom stereocenters. The van der Waals surface area contributed by atoms with Gasteiger partial charge in [0.05, 0.1) is 26.2 Å². The topological polar surface area (TPSA) is 77.8 Å². The van der Waals surface area contributed by atoms with Gasteiger partial charge in [-0.3, -0.25) is 4.79 Å². The molecular formula is C20H17F2NO5. The van der Waals surface area contributed by atoms with E-state index in [0.717, 1.165) is 12.1 Å². The van der Waals surface area contributed by atoms with Crippen LogP contribution in [0.15, 0.2) is 39.5 Å². The number of fused-ring (bicyclic) bond motifs is 1. The Labute approximate surface area is 158 Å². The molecule has 0 bridgehead atoms. The molecular weight excluding hydrogens is 372 g/mol. The minimum absolute atomic E-state index is 0.0816. The Morgan fingerprint density at radius 2 is 1.86 bits per heavy atom. The Morgan fingerprint density at radius 1 is 1.11 bits per heavy atom. The van der Waals surface area contributed by atoms with E-state index in [4.69, 9.17) is 13.9 Å². The molecule has 0 saturated heterocycles. The maximum atomic E-state index is 13.3. The second-order valence-electron chi connectivity index (χ2n) is 6.02. The molecule has 0 aliphatic rings. The van der Waals surface area contributed by atoms with Crippen molar-refractivity contribution in [3.8, 4) is 11.5 Å². The highest BCUT2D eigenvalue weighted by Crippen LogP contribution is 2.36. The van der Waals surface area contributed by atoms with Crippen LogP contribution in [-0.2, 0) is 11.2 Å². The van der Waals surface area contributed by atoms with E-state index in [1.807, 2.05) is 0 Å². The van der Waals surface area contributed by atoms with Crippen molar-refractivity contribution in [1.82, 2.24) is 0 Å². The zero-order valence-corrected chi connectivity index (χ0v) is 15.4. The molecule has 1 aromatic heterocycles. The number of hydrogen-bond acceptors (Lipinski definition) is 5. The number of carbonyl (C=O) groups excluding carboxylic acids is 1. The van der Waals surface area contributed by atoms with Gasteiger partial charge in [0.15, 0.2) is 23.0 Å². The van der Waals surface area contributed by atoms with Crippen LogP contribution < -0.4 is 20.4 Å². The zero-order chi connectivity index (χ0) is 20.4. The average molecular weight is 389 g/mol. The van der Waals surface area contributed by atoms with Gasteiger partial charge in [0, 0.05) is 17.1 Å². The third-order valence-corrected chi connectivity index (χ3v) is 4.34. The minimum atomic E-state index is -1.08. The second kappa shape index (κ2) is 7.67. The number of benzene rings is 2. The lowest BCUT2D eigenvalue weighted by molar-refractivity contribution is -0.115. The third-order valence-electron chi connectivity index (χ3n) is 4.34. The number of carbonyl (C=O) groups is 1.